The number of benzene rings is 1. The van der Waals surface area contributed by atoms with Crippen LogP contribution in [0.2, 0.25) is 0 Å². The number of ether oxygens (including phenoxy) is 1. The molecular formula is C24H30ClFN2O2. The number of alkyl halides is 1. The van der Waals surface area contributed by atoms with Crippen LogP contribution in [-0.2, 0) is 4.79 Å². The van der Waals surface area contributed by atoms with E-state index in [1.807, 2.05) is 60.9 Å². The summed E-state index contributed by atoms with van der Waals surface area (Å²) in [5.74, 6) is 0.737. The van der Waals surface area contributed by atoms with Crippen molar-refractivity contribution in [3.63, 3.8) is 0 Å². The molecule has 0 unspecified atom stereocenters. The number of rotatable bonds is 10. The van der Waals surface area contributed by atoms with Crippen molar-refractivity contribution >= 4 is 23.1 Å². The number of nitrogens with zero attached hydrogens (tertiary/aromatic N) is 2. The summed E-state index contributed by atoms with van der Waals surface area (Å²) in [4.78, 5) is 16.6. The van der Waals surface area contributed by atoms with Gasteiger partial charge in [-0.1, -0.05) is 30.3 Å². The van der Waals surface area contributed by atoms with Gasteiger partial charge in [-0.15, -0.1) is 0 Å². The zero-order valence-electron chi connectivity index (χ0n) is 18.0. The van der Waals surface area contributed by atoms with Gasteiger partial charge in [-0.25, -0.2) is 0 Å². The van der Waals surface area contributed by atoms with Crippen molar-refractivity contribution in [3.8, 4) is 5.75 Å². The molecule has 0 fully saturated rings. The fourth-order valence-electron chi connectivity index (χ4n) is 3.20. The fourth-order valence-corrected chi connectivity index (χ4v) is 3.36. The van der Waals surface area contributed by atoms with Gasteiger partial charge in [0, 0.05) is 37.1 Å². The summed E-state index contributed by atoms with van der Waals surface area (Å²) < 4.78 is 17.8. The first-order valence-electron chi connectivity index (χ1n) is 10.2. The second-order valence-electron chi connectivity index (χ2n) is 6.94. The maximum absolute atomic E-state index is 12.9. The number of hydrogen-bond donors (Lipinski definition) is 0. The first kappa shape index (κ1) is 23.7. The molecule has 1 aliphatic heterocycles. The van der Waals surface area contributed by atoms with Crippen LogP contribution in [-0.4, -0.2) is 42.1 Å². The predicted octanol–water partition coefficient (Wildman–Crippen LogP) is 5.88. The second-order valence-corrected chi connectivity index (χ2v) is 7.37. The highest BCUT2D eigenvalue weighted by atomic mass is 35.5. The molecule has 162 valence electrons. The lowest BCUT2D eigenvalue weighted by Crippen LogP contribution is -2.32. The van der Waals surface area contributed by atoms with Gasteiger partial charge in [-0.2, -0.15) is 0 Å². The standard InChI is InChI=1S/C24H30ClFN2O2/c1-5-27(6-2)24(29)16-23(28-17-21(25)11-8-18(28)3)19(4)20-9-12-22(13-10-20)30-15-7-14-26/h8-13,17H,3,5-7,14-16H2,1-2,4H3/b23-19+. The molecule has 0 saturated heterocycles. The van der Waals surface area contributed by atoms with E-state index in [2.05, 4.69) is 6.58 Å². The minimum absolute atomic E-state index is 0.0485. The Morgan fingerprint density at radius 1 is 1.20 bits per heavy atom. The third kappa shape index (κ3) is 6.23. The molecule has 0 saturated carbocycles. The number of halogens is 2. The predicted molar refractivity (Wildman–Crippen MR) is 122 cm³/mol. The molecule has 1 aromatic carbocycles. The van der Waals surface area contributed by atoms with Gasteiger partial charge in [0.25, 0.3) is 0 Å². The van der Waals surface area contributed by atoms with Crippen molar-refractivity contribution in [2.24, 2.45) is 0 Å². The molecular weight excluding hydrogens is 403 g/mol. The maximum Gasteiger partial charge on any atom is 0.228 e. The normalized spacial score (nSPS) is 14.4. The van der Waals surface area contributed by atoms with Crippen LogP contribution >= 0.6 is 11.6 Å². The van der Waals surface area contributed by atoms with E-state index in [1.165, 1.54) is 0 Å². The summed E-state index contributed by atoms with van der Waals surface area (Å²) >= 11 is 6.24. The van der Waals surface area contributed by atoms with Gasteiger partial charge in [-0.3, -0.25) is 9.18 Å². The van der Waals surface area contributed by atoms with E-state index in [0.29, 0.717) is 36.9 Å². The summed E-state index contributed by atoms with van der Waals surface area (Å²) in [5, 5.41) is 0.569. The molecule has 2 rings (SSSR count). The molecule has 0 aliphatic carbocycles. The van der Waals surface area contributed by atoms with Gasteiger partial charge >= 0.3 is 0 Å². The van der Waals surface area contributed by atoms with Crippen molar-refractivity contribution in [1.82, 2.24) is 9.80 Å². The van der Waals surface area contributed by atoms with Crippen LogP contribution in [0.1, 0.15) is 39.2 Å². The van der Waals surface area contributed by atoms with E-state index in [0.717, 1.165) is 22.5 Å². The van der Waals surface area contributed by atoms with Crippen LogP contribution in [0.3, 0.4) is 0 Å². The minimum Gasteiger partial charge on any atom is -0.493 e. The van der Waals surface area contributed by atoms with Gasteiger partial charge in [0.15, 0.2) is 0 Å². The summed E-state index contributed by atoms with van der Waals surface area (Å²) in [7, 11) is 0. The molecule has 4 nitrogen and oxygen atoms in total. The minimum atomic E-state index is -0.395. The van der Waals surface area contributed by atoms with Crippen LogP contribution in [0.25, 0.3) is 5.57 Å². The van der Waals surface area contributed by atoms with Crippen molar-refractivity contribution in [2.75, 3.05) is 26.4 Å². The van der Waals surface area contributed by atoms with E-state index in [1.54, 1.807) is 12.3 Å². The van der Waals surface area contributed by atoms with E-state index in [4.69, 9.17) is 16.3 Å². The molecule has 30 heavy (non-hydrogen) atoms. The quantitative estimate of drug-likeness (QED) is 0.433. The molecule has 0 radical (unpaired) electrons. The third-order valence-electron chi connectivity index (χ3n) is 4.99. The molecule has 0 bridgehead atoms. The van der Waals surface area contributed by atoms with Gasteiger partial charge in [-0.05, 0) is 56.2 Å². The highest BCUT2D eigenvalue weighted by molar-refractivity contribution is 6.31. The van der Waals surface area contributed by atoms with Crippen LogP contribution in [0.4, 0.5) is 4.39 Å². The van der Waals surface area contributed by atoms with Crippen molar-refractivity contribution in [2.45, 2.75) is 33.6 Å². The lowest BCUT2D eigenvalue weighted by molar-refractivity contribution is -0.130. The molecule has 0 N–H and O–H groups in total. The summed E-state index contributed by atoms with van der Waals surface area (Å²) in [5.41, 5.74) is 3.47. The van der Waals surface area contributed by atoms with Crippen molar-refractivity contribution in [1.29, 1.82) is 0 Å². The van der Waals surface area contributed by atoms with Crippen LogP contribution in [0, 0.1) is 0 Å². The number of hydrogen-bond acceptors (Lipinski definition) is 3. The van der Waals surface area contributed by atoms with Gasteiger partial charge in [0.1, 0.15) is 5.75 Å². The molecule has 1 heterocycles. The second kappa shape index (κ2) is 11.6. The number of allylic oxidation sites excluding steroid dienone is 4. The van der Waals surface area contributed by atoms with E-state index in [9.17, 15) is 9.18 Å². The topological polar surface area (TPSA) is 32.8 Å². The van der Waals surface area contributed by atoms with E-state index >= 15 is 0 Å². The maximum atomic E-state index is 12.9. The monoisotopic (exact) mass is 432 g/mol. The largest absolute Gasteiger partial charge is 0.493 e. The average Bonchev–Trinajstić information content (AvgIpc) is 2.75. The molecule has 1 aromatic rings. The van der Waals surface area contributed by atoms with Crippen LogP contribution < -0.4 is 4.74 Å². The molecule has 0 spiro atoms. The highest BCUT2D eigenvalue weighted by Crippen LogP contribution is 2.31. The Hall–Kier alpha value is -2.53. The Morgan fingerprint density at radius 3 is 2.47 bits per heavy atom. The van der Waals surface area contributed by atoms with Crippen LogP contribution in [0.5, 0.6) is 5.75 Å². The Bertz CT molecular complexity index is 839. The van der Waals surface area contributed by atoms with Gasteiger partial charge < -0.3 is 14.5 Å². The zero-order valence-corrected chi connectivity index (χ0v) is 18.7. The molecule has 0 atom stereocenters. The summed E-state index contributed by atoms with van der Waals surface area (Å²) in [6.07, 6.45) is 6.00. The van der Waals surface area contributed by atoms with Crippen molar-refractivity contribution in [3.05, 3.63) is 71.2 Å². The van der Waals surface area contributed by atoms with Crippen LogP contribution in [0.15, 0.2) is 65.6 Å². The number of amides is 1. The first-order chi connectivity index (χ1) is 14.4. The Balaban J connectivity index is 2.38. The SMILES string of the molecule is C=C1C=CC(Cl)=CN1/C(CC(=O)N(CC)CC)=C(\C)c1ccc(OCCCF)cc1. The van der Waals surface area contributed by atoms with E-state index in [-0.39, 0.29) is 12.3 Å². The lowest BCUT2D eigenvalue weighted by Gasteiger charge is -2.30. The Labute approximate surface area is 183 Å². The van der Waals surface area contributed by atoms with Gasteiger partial charge in [0.2, 0.25) is 5.91 Å². The fraction of sp³-hybridized carbons (Fsp3) is 0.375. The Kier molecular flexibility index (Phi) is 9.18. The molecule has 1 aliphatic rings. The third-order valence-corrected chi connectivity index (χ3v) is 5.21. The number of carbonyl (C=O) groups excluding carboxylic acids is 1. The molecule has 6 heteroatoms. The smallest absolute Gasteiger partial charge is 0.228 e. The molecule has 0 aromatic heterocycles. The number of carbonyl (C=O) groups is 1. The summed E-state index contributed by atoms with van der Waals surface area (Å²) in [6.45, 7) is 11.3. The zero-order chi connectivity index (χ0) is 22.1. The first-order valence-corrected chi connectivity index (χ1v) is 10.6. The summed E-state index contributed by atoms with van der Waals surface area (Å²) in [6, 6.07) is 7.59. The van der Waals surface area contributed by atoms with Crippen molar-refractivity contribution < 1.29 is 13.9 Å². The van der Waals surface area contributed by atoms with Gasteiger partial charge in [0.05, 0.1) is 24.7 Å². The van der Waals surface area contributed by atoms with E-state index < -0.39 is 6.67 Å². The lowest BCUT2D eigenvalue weighted by atomic mass is 10.0. The average molecular weight is 433 g/mol. The highest BCUT2D eigenvalue weighted by Gasteiger charge is 2.21. The molecule has 1 amide bonds. The Morgan fingerprint density at radius 2 is 1.87 bits per heavy atom.